The van der Waals surface area contributed by atoms with Crippen molar-refractivity contribution in [3.8, 4) is 11.5 Å². The zero-order valence-electron chi connectivity index (χ0n) is 13.9. The van der Waals surface area contributed by atoms with Crippen molar-refractivity contribution in [3.05, 3.63) is 64.6 Å². The minimum atomic E-state index is -0.382. The van der Waals surface area contributed by atoms with Gasteiger partial charge in [0.15, 0.2) is 0 Å². The second-order valence-electron chi connectivity index (χ2n) is 5.42. The van der Waals surface area contributed by atoms with Crippen LogP contribution in [0.1, 0.15) is 11.1 Å². The van der Waals surface area contributed by atoms with Gasteiger partial charge in [-0.1, -0.05) is 24.3 Å². The first-order valence-corrected chi connectivity index (χ1v) is 8.56. The number of nitrogens with one attached hydrogen (secondary N) is 2. The van der Waals surface area contributed by atoms with Crippen molar-refractivity contribution >= 4 is 34.7 Å². The van der Waals surface area contributed by atoms with E-state index >= 15 is 0 Å². The summed E-state index contributed by atoms with van der Waals surface area (Å²) in [4.78, 5) is 23.1. The molecule has 0 aromatic heterocycles. The molecule has 2 aromatic carbocycles. The Kier molecular flexibility index (Phi) is 5.38. The fourth-order valence-corrected chi connectivity index (χ4v) is 2.96. The fraction of sp³-hybridized carbons (Fsp3) is 0.105. The molecule has 6 nitrogen and oxygen atoms in total. The fourth-order valence-electron chi connectivity index (χ4n) is 2.28. The summed E-state index contributed by atoms with van der Waals surface area (Å²) in [5, 5.41) is 9.97. The molecule has 1 fully saturated rings. The predicted octanol–water partition coefficient (Wildman–Crippen LogP) is 3.47. The number of hydrogen-bond acceptors (Lipinski definition) is 6. The van der Waals surface area contributed by atoms with Gasteiger partial charge in [0.1, 0.15) is 18.1 Å². The SMILES string of the molecule is COc1cccc(C(=N)COc2ccc(/C=C3\SC(=O)NC3=O)cc2)c1. The van der Waals surface area contributed by atoms with Gasteiger partial charge in [-0.05, 0) is 47.7 Å². The van der Waals surface area contributed by atoms with E-state index in [2.05, 4.69) is 5.32 Å². The molecule has 0 atom stereocenters. The third-order valence-electron chi connectivity index (χ3n) is 3.62. The predicted molar refractivity (Wildman–Crippen MR) is 101 cm³/mol. The van der Waals surface area contributed by atoms with E-state index in [9.17, 15) is 9.59 Å². The van der Waals surface area contributed by atoms with E-state index in [1.54, 1.807) is 43.5 Å². The Balaban J connectivity index is 1.61. The van der Waals surface area contributed by atoms with Crippen molar-refractivity contribution in [2.45, 2.75) is 0 Å². The molecule has 1 aliphatic heterocycles. The van der Waals surface area contributed by atoms with Crippen LogP contribution in [0, 0.1) is 5.41 Å². The van der Waals surface area contributed by atoms with Gasteiger partial charge >= 0.3 is 0 Å². The highest BCUT2D eigenvalue weighted by atomic mass is 32.2. The van der Waals surface area contributed by atoms with Crippen molar-refractivity contribution in [2.24, 2.45) is 0 Å². The Bertz CT molecular complexity index is 891. The topological polar surface area (TPSA) is 88.5 Å². The lowest BCUT2D eigenvalue weighted by Crippen LogP contribution is -2.17. The summed E-state index contributed by atoms with van der Waals surface area (Å²) in [5.41, 5.74) is 1.86. The highest BCUT2D eigenvalue weighted by Crippen LogP contribution is 2.26. The normalized spacial score (nSPS) is 15.0. The van der Waals surface area contributed by atoms with Crippen molar-refractivity contribution in [1.82, 2.24) is 5.32 Å². The van der Waals surface area contributed by atoms with Crippen LogP contribution in [-0.2, 0) is 4.79 Å². The molecule has 26 heavy (non-hydrogen) atoms. The number of thioether (sulfide) groups is 1. The van der Waals surface area contributed by atoms with E-state index in [1.807, 2.05) is 18.2 Å². The average Bonchev–Trinajstić information content (AvgIpc) is 2.97. The molecule has 0 unspecified atom stereocenters. The summed E-state index contributed by atoms with van der Waals surface area (Å²) < 4.78 is 10.8. The minimum Gasteiger partial charge on any atom is -0.497 e. The van der Waals surface area contributed by atoms with Crippen molar-refractivity contribution < 1.29 is 19.1 Å². The summed E-state index contributed by atoms with van der Waals surface area (Å²) in [5.74, 6) is 0.920. The third kappa shape index (κ3) is 4.31. The van der Waals surface area contributed by atoms with Crippen molar-refractivity contribution in [2.75, 3.05) is 13.7 Å². The van der Waals surface area contributed by atoms with Gasteiger partial charge in [-0.25, -0.2) is 0 Å². The molecule has 0 saturated carbocycles. The third-order valence-corrected chi connectivity index (χ3v) is 4.43. The Hall–Kier alpha value is -3.06. The average molecular weight is 368 g/mol. The molecule has 3 rings (SSSR count). The van der Waals surface area contributed by atoms with Crippen molar-refractivity contribution in [3.63, 3.8) is 0 Å². The summed E-state index contributed by atoms with van der Waals surface area (Å²) in [6.07, 6.45) is 1.65. The smallest absolute Gasteiger partial charge is 0.290 e. The number of methoxy groups -OCH3 is 1. The van der Waals surface area contributed by atoms with Crippen LogP contribution in [0.5, 0.6) is 11.5 Å². The highest BCUT2D eigenvalue weighted by Gasteiger charge is 2.24. The van der Waals surface area contributed by atoms with Crippen LogP contribution in [0.2, 0.25) is 0 Å². The number of ether oxygens (including phenoxy) is 2. The molecule has 2 aromatic rings. The second kappa shape index (κ2) is 7.88. The molecule has 2 N–H and O–H groups in total. The van der Waals surface area contributed by atoms with E-state index in [0.29, 0.717) is 22.1 Å². The molecule has 2 amide bonds. The van der Waals surface area contributed by atoms with E-state index in [-0.39, 0.29) is 17.8 Å². The maximum atomic E-state index is 11.5. The zero-order chi connectivity index (χ0) is 18.5. The summed E-state index contributed by atoms with van der Waals surface area (Å²) in [6.45, 7) is 0.125. The molecule has 1 heterocycles. The van der Waals surface area contributed by atoms with Gasteiger partial charge in [0.05, 0.1) is 17.7 Å². The quantitative estimate of drug-likeness (QED) is 0.602. The van der Waals surface area contributed by atoms with Crippen LogP contribution in [-0.4, -0.2) is 30.6 Å². The molecule has 132 valence electrons. The largest absolute Gasteiger partial charge is 0.497 e. The van der Waals surface area contributed by atoms with Crippen LogP contribution in [0.3, 0.4) is 0 Å². The second-order valence-corrected chi connectivity index (χ2v) is 6.44. The van der Waals surface area contributed by atoms with Gasteiger partial charge in [-0.2, -0.15) is 0 Å². The van der Waals surface area contributed by atoms with E-state index in [0.717, 1.165) is 22.9 Å². The lowest BCUT2D eigenvalue weighted by molar-refractivity contribution is -0.115. The first-order valence-electron chi connectivity index (χ1n) is 7.75. The highest BCUT2D eigenvalue weighted by molar-refractivity contribution is 8.18. The van der Waals surface area contributed by atoms with Gasteiger partial charge in [-0.15, -0.1) is 0 Å². The molecule has 1 saturated heterocycles. The van der Waals surface area contributed by atoms with Gasteiger partial charge < -0.3 is 14.9 Å². The van der Waals surface area contributed by atoms with Crippen LogP contribution < -0.4 is 14.8 Å². The van der Waals surface area contributed by atoms with Crippen LogP contribution in [0.4, 0.5) is 4.79 Å². The van der Waals surface area contributed by atoms with Crippen LogP contribution in [0.15, 0.2) is 53.4 Å². The molecular formula is C19H16N2O4S. The lowest BCUT2D eigenvalue weighted by Gasteiger charge is -2.09. The number of carbonyl (C=O) groups is 2. The molecule has 0 aliphatic carbocycles. The maximum absolute atomic E-state index is 11.5. The number of hydrogen-bond donors (Lipinski definition) is 2. The Morgan fingerprint density at radius 3 is 2.58 bits per heavy atom. The molecule has 1 aliphatic rings. The Morgan fingerprint density at radius 1 is 1.15 bits per heavy atom. The van der Waals surface area contributed by atoms with Crippen molar-refractivity contribution in [1.29, 1.82) is 5.41 Å². The molecule has 0 radical (unpaired) electrons. The molecule has 0 bridgehead atoms. The standard InChI is InChI=1S/C19H16N2O4S/c1-24-15-4-2-3-13(10-15)16(20)11-25-14-7-5-12(6-8-14)9-17-18(22)21-19(23)26-17/h2-10,20H,11H2,1H3,(H,21,22,23)/b17-9-,20-16?. The number of carbonyl (C=O) groups excluding carboxylic acids is 2. The van der Waals surface area contributed by atoms with Gasteiger partial charge in [0, 0.05) is 5.56 Å². The van der Waals surface area contributed by atoms with E-state index in [1.165, 1.54) is 0 Å². The first kappa shape index (κ1) is 17.8. The number of amides is 2. The Labute approximate surface area is 154 Å². The summed E-state index contributed by atoms with van der Waals surface area (Å²) in [7, 11) is 1.58. The number of rotatable bonds is 6. The summed E-state index contributed by atoms with van der Waals surface area (Å²) >= 11 is 0.879. The lowest BCUT2D eigenvalue weighted by atomic mass is 10.1. The van der Waals surface area contributed by atoms with E-state index in [4.69, 9.17) is 14.9 Å². The summed E-state index contributed by atoms with van der Waals surface area (Å²) in [6, 6.07) is 14.3. The minimum absolute atomic E-state index is 0.125. The Morgan fingerprint density at radius 2 is 1.92 bits per heavy atom. The van der Waals surface area contributed by atoms with Gasteiger partial charge in [0.2, 0.25) is 0 Å². The monoisotopic (exact) mass is 368 g/mol. The zero-order valence-corrected chi connectivity index (χ0v) is 14.8. The van der Waals surface area contributed by atoms with Gasteiger partial charge in [0.25, 0.3) is 11.1 Å². The van der Waals surface area contributed by atoms with E-state index < -0.39 is 0 Å². The molecule has 7 heteroatoms. The van der Waals surface area contributed by atoms with Crippen LogP contribution in [0.25, 0.3) is 6.08 Å². The molecule has 0 spiro atoms. The maximum Gasteiger partial charge on any atom is 0.290 e. The first-order chi connectivity index (χ1) is 12.5. The number of benzene rings is 2. The van der Waals surface area contributed by atoms with Gasteiger partial charge in [-0.3, -0.25) is 14.9 Å². The van der Waals surface area contributed by atoms with Crippen LogP contribution >= 0.6 is 11.8 Å². The molecular weight excluding hydrogens is 352 g/mol. The number of imide groups is 1.